The number of ether oxygens (including phenoxy) is 4. The summed E-state index contributed by atoms with van der Waals surface area (Å²) in [5.74, 6) is -8.17. The molecule has 3 amide bonds. The molecule has 0 atom stereocenters. The summed E-state index contributed by atoms with van der Waals surface area (Å²) < 4.78 is 155. The minimum absolute atomic E-state index is 0.0340. The minimum atomic E-state index is -4.74. The molecular formula is C64H45ClF10N6O15. The van der Waals surface area contributed by atoms with Crippen LogP contribution in [0, 0.1) is 12.7 Å². The predicted octanol–water partition coefficient (Wildman–Crippen LogP) is 14.6. The molecule has 6 aromatic carbocycles. The largest absolute Gasteiger partial charge is 0.490 e. The molecule has 96 heavy (non-hydrogen) atoms. The number of anilines is 3. The van der Waals surface area contributed by atoms with Gasteiger partial charge in [0.25, 0.3) is 17.7 Å². The number of aryl methyl sites for hydroxylation is 1. The lowest BCUT2D eigenvalue weighted by Gasteiger charge is -2.16. The number of amides is 3. The quantitative estimate of drug-likeness (QED) is 0.0370. The molecule has 0 aliphatic carbocycles. The standard InChI is InChI=1S/C22H17F3N2O5.C21H14ClF3N2O5.C21H14F4N2O5/c1-12-8-13(11-28)2-6-18(12)32-19-7-3-14(22(23,24)25)9-16(19)20(29)27-15-4-5-17(21(30)31)26-10-15;22-15-7-11(10-28)1-5-18(15)32-17-6-2-12(21(23,24)25)8-14(17)19(29)27-13-3-4-16(20(30)31)26-9-13;1-31-18-14(22)3-2-4-17(18)32-16-8-5-11(21(23,24)25)9-13(16)19(28)27-12-6-7-15(20(29)30)26-10-12/h2-10,28H,11H2,1H3,(H,27,29)(H,30,31);1-9,28H,10H2,(H,27,29)(H,30,31);2-10H,1H3,(H,27,28)(H,29,30). The highest BCUT2D eigenvalue weighted by Crippen LogP contribution is 2.41. The second-order valence-corrected chi connectivity index (χ2v) is 19.9. The Morgan fingerprint density at radius 3 is 1.10 bits per heavy atom. The number of hydrogen-bond donors (Lipinski definition) is 8. The van der Waals surface area contributed by atoms with Crippen molar-refractivity contribution in [2.24, 2.45) is 0 Å². The fourth-order valence-corrected chi connectivity index (χ4v) is 8.31. The van der Waals surface area contributed by atoms with Gasteiger partial charge < -0.3 is 60.4 Å². The Balaban J connectivity index is 0.000000203. The van der Waals surface area contributed by atoms with Gasteiger partial charge in [0.05, 0.1) is 94.4 Å². The number of nitrogens with zero attached hydrogens (tertiary/aromatic N) is 3. The van der Waals surface area contributed by atoms with Gasteiger partial charge in [0, 0.05) is 0 Å². The SMILES string of the molecule is COc1c(F)cccc1Oc1ccc(C(F)(F)F)cc1C(=O)Nc1ccc(C(=O)O)nc1.Cc1cc(CO)ccc1Oc1ccc(C(F)(F)F)cc1C(=O)Nc1ccc(C(=O)O)nc1.O=C(O)c1ccc(NC(=O)c2cc(C(F)(F)F)ccc2Oc2ccc(CO)cc2Cl)cn1. The van der Waals surface area contributed by atoms with Crippen LogP contribution in [0.15, 0.2) is 164 Å². The Hall–Kier alpha value is -11.7. The number of carboxylic acids is 3. The van der Waals surface area contributed by atoms with Gasteiger partial charge >= 0.3 is 36.4 Å². The van der Waals surface area contributed by atoms with Gasteiger partial charge in [0.1, 0.15) is 45.8 Å². The van der Waals surface area contributed by atoms with Crippen LogP contribution in [0.25, 0.3) is 0 Å². The molecule has 9 aromatic rings. The highest BCUT2D eigenvalue weighted by Gasteiger charge is 2.35. The number of rotatable bonds is 18. The van der Waals surface area contributed by atoms with Gasteiger partial charge in [-0.05, 0) is 145 Å². The number of carbonyl (C=O) groups is 6. The number of para-hydroxylation sites is 1. The lowest BCUT2D eigenvalue weighted by atomic mass is 10.1. The summed E-state index contributed by atoms with van der Waals surface area (Å²) in [5, 5.41) is 52.2. The van der Waals surface area contributed by atoms with Gasteiger partial charge in [-0.3, -0.25) is 14.4 Å². The summed E-state index contributed by atoms with van der Waals surface area (Å²) in [6.45, 7) is 1.22. The van der Waals surface area contributed by atoms with Crippen molar-refractivity contribution in [1.29, 1.82) is 0 Å². The molecule has 498 valence electrons. The Bertz CT molecular complexity index is 4190. The van der Waals surface area contributed by atoms with Crippen molar-refractivity contribution in [3.8, 4) is 40.2 Å². The number of pyridine rings is 3. The van der Waals surface area contributed by atoms with Gasteiger partial charge in [0.15, 0.2) is 17.3 Å². The molecule has 0 radical (unpaired) electrons. The van der Waals surface area contributed by atoms with Crippen LogP contribution in [-0.2, 0) is 31.7 Å². The zero-order valence-corrected chi connectivity index (χ0v) is 49.6. The molecule has 0 spiro atoms. The molecule has 3 aromatic heterocycles. The summed E-state index contributed by atoms with van der Waals surface area (Å²) in [6, 6.07) is 27.0. The summed E-state index contributed by atoms with van der Waals surface area (Å²) in [7, 11) is 1.18. The van der Waals surface area contributed by atoms with Crippen molar-refractivity contribution >= 4 is 64.3 Å². The van der Waals surface area contributed by atoms with E-state index in [-0.39, 0.29) is 92.4 Å². The molecule has 3 heterocycles. The van der Waals surface area contributed by atoms with E-state index in [4.69, 9.17) is 51.0 Å². The normalized spacial score (nSPS) is 11.1. The first kappa shape index (κ1) is 71.7. The Morgan fingerprint density at radius 2 is 0.792 bits per heavy atom. The molecule has 9 rings (SSSR count). The van der Waals surface area contributed by atoms with Crippen molar-refractivity contribution in [2.45, 2.75) is 38.7 Å². The molecule has 21 nitrogen and oxygen atoms in total. The van der Waals surface area contributed by atoms with Crippen LogP contribution >= 0.6 is 11.6 Å². The number of benzene rings is 6. The van der Waals surface area contributed by atoms with E-state index in [2.05, 4.69) is 30.9 Å². The van der Waals surface area contributed by atoms with E-state index >= 15 is 0 Å². The van der Waals surface area contributed by atoms with Crippen molar-refractivity contribution < 1.29 is 117 Å². The van der Waals surface area contributed by atoms with Crippen LogP contribution < -0.4 is 34.9 Å². The van der Waals surface area contributed by atoms with E-state index in [0.29, 0.717) is 46.7 Å². The van der Waals surface area contributed by atoms with Crippen molar-refractivity contribution in [2.75, 3.05) is 23.1 Å². The first-order valence-electron chi connectivity index (χ1n) is 26.9. The molecule has 0 aliphatic rings. The van der Waals surface area contributed by atoms with E-state index in [9.17, 15) is 77.8 Å². The third kappa shape index (κ3) is 19.0. The summed E-state index contributed by atoms with van der Waals surface area (Å²) in [4.78, 5) is 81.8. The third-order valence-electron chi connectivity index (χ3n) is 12.8. The molecule has 8 N–H and O–H groups in total. The van der Waals surface area contributed by atoms with Gasteiger partial charge in [-0.15, -0.1) is 0 Å². The molecule has 0 bridgehead atoms. The lowest BCUT2D eigenvalue weighted by molar-refractivity contribution is -0.138. The first-order chi connectivity index (χ1) is 45.3. The van der Waals surface area contributed by atoms with Crippen LogP contribution in [0.3, 0.4) is 0 Å². The number of aromatic nitrogens is 3. The fourth-order valence-electron chi connectivity index (χ4n) is 8.07. The molecule has 0 saturated carbocycles. The number of halogens is 11. The first-order valence-corrected chi connectivity index (χ1v) is 27.3. The number of alkyl halides is 9. The molecule has 0 fully saturated rings. The Kier molecular flexibility index (Phi) is 23.0. The van der Waals surface area contributed by atoms with Gasteiger partial charge in [0.2, 0.25) is 0 Å². The van der Waals surface area contributed by atoms with E-state index < -0.39 is 87.8 Å². The molecular weight excluding hydrogens is 1320 g/mol. The Morgan fingerprint density at radius 1 is 0.448 bits per heavy atom. The second-order valence-electron chi connectivity index (χ2n) is 19.5. The van der Waals surface area contributed by atoms with Crippen molar-refractivity contribution in [1.82, 2.24) is 15.0 Å². The van der Waals surface area contributed by atoms with Gasteiger partial charge in [-0.2, -0.15) is 39.5 Å². The highest BCUT2D eigenvalue weighted by molar-refractivity contribution is 6.32. The maximum absolute atomic E-state index is 13.9. The van der Waals surface area contributed by atoms with Crippen molar-refractivity contribution in [3.05, 3.63) is 242 Å². The van der Waals surface area contributed by atoms with Crippen LogP contribution in [0.1, 0.15) is 95.9 Å². The number of nitrogens with one attached hydrogen (secondary N) is 3. The van der Waals surface area contributed by atoms with Crippen molar-refractivity contribution in [3.63, 3.8) is 0 Å². The van der Waals surface area contributed by atoms with Crippen LogP contribution in [0.5, 0.6) is 40.2 Å². The number of aliphatic hydroxyl groups excluding tert-OH is 2. The summed E-state index contributed by atoms with van der Waals surface area (Å²) in [5.41, 5.74) is -3.46. The van der Waals surface area contributed by atoms with E-state index in [1.807, 2.05) is 0 Å². The number of aliphatic hydroxyl groups is 2. The van der Waals surface area contributed by atoms with Crippen LogP contribution in [0.2, 0.25) is 5.02 Å². The average molecular weight is 1360 g/mol. The number of aromatic carboxylic acids is 3. The van der Waals surface area contributed by atoms with E-state index in [1.165, 1.54) is 61.7 Å². The number of methoxy groups -OCH3 is 1. The smallest absolute Gasteiger partial charge is 0.416 e. The maximum Gasteiger partial charge on any atom is 0.416 e. The molecule has 0 saturated heterocycles. The van der Waals surface area contributed by atoms with Gasteiger partial charge in [-0.25, -0.2) is 33.7 Å². The number of carbonyl (C=O) groups excluding carboxylic acids is 3. The second kappa shape index (κ2) is 30.8. The fraction of sp³-hybridized carbons (Fsp3) is 0.109. The molecule has 0 unspecified atom stereocenters. The maximum atomic E-state index is 13.9. The van der Waals surface area contributed by atoms with E-state index in [1.54, 1.807) is 19.1 Å². The topological polar surface area (TPSA) is 315 Å². The minimum Gasteiger partial charge on any atom is -0.490 e. The summed E-state index contributed by atoms with van der Waals surface area (Å²) >= 11 is 6.09. The zero-order chi connectivity index (χ0) is 70.4. The van der Waals surface area contributed by atoms with Crippen LogP contribution in [0.4, 0.5) is 61.0 Å². The van der Waals surface area contributed by atoms with Crippen LogP contribution in [-0.4, -0.2) is 83.2 Å². The summed E-state index contributed by atoms with van der Waals surface area (Å²) in [6.07, 6.45) is -11.0. The number of hydrogen-bond acceptors (Lipinski definition) is 15. The highest BCUT2D eigenvalue weighted by atomic mass is 35.5. The van der Waals surface area contributed by atoms with Gasteiger partial charge in [-0.1, -0.05) is 35.9 Å². The predicted molar refractivity (Wildman–Crippen MR) is 319 cm³/mol. The van der Waals surface area contributed by atoms with E-state index in [0.717, 1.165) is 73.2 Å². The average Bonchev–Trinajstić information content (AvgIpc) is 0.814. The monoisotopic (exact) mass is 1360 g/mol. The molecule has 0 aliphatic heterocycles. The molecule has 32 heteroatoms. The lowest BCUT2D eigenvalue weighted by Crippen LogP contribution is -2.15. The Labute approximate surface area is 538 Å². The third-order valence-corrected chi connectivity index (χ3v) is 13.1. The number of carboxylic acid groups (broad SMARTS) is 3. The zero-order valence-electron chi connectivity index (χ0n) is 48.8.